The van der Waals surface area contributed by atoms with E-state index in [-0.39, 0.29) is 29.6 Å². The topological polar surface area (TPSA) is 96.3 Å². The maximum Gasteiger partial charge on any atom is 0.251 e. The summed E-state index contributed by atoms with van der Waals surface area (Å²) in [7, 11) is 0. The fourth-order valence-electron chi connectivity index (χ4n) is 4.43. The van der Waals surface area contributed by atoms with Gasteiger partial charge in [0.15, 0.2) is 0 Å². The van der Waals surface area contributed by atoms with Crippen molar-refractivity contribution >= 4 is 23.4 Å². The summed E-state index contributed by atoms with van der Waals surface area (Å²) in [5, 5.41) is 8.42. The number of nitrogens with one attached hydrogen (secondary N) is 2. The van der Waals surface area contributed by atoms with Crippen LogP contribution in [0, 0.1) is 11.8 Å². The second-order valence-corrected chi connectivity index (χ2v) is 8.48. The van der Waals surface area contributed by atoms with E-state index in [0.29, 0.717) is 37.1 Å². The molecule has 3 aromatic rings. The maximum atomic E-state index is 13.0. The van der Waals surface area contributed by atoms with Gasteiger partial charge in [-0.1, -0.05) is 30.4 Å². The van der Waals surface area contributed by atoms with Crippen LogP contribution in [-0.4, -0.2) is 34.0 Å². The van der Waals surface area contributed by atoms with E-state index in [1.165, 1.54) is 5.01 Å². The van der Waals surface area contributed by atoms with Gasteiger partial charge in [0.05, 0.1) is 23.2 Å². The molecule has 0 bridgehead atoms. The molecule has 2 atom stereocenters. The molecule has 8 nitrogen and oxygen atoms in total. The molecule has 1 aliphatic carbocycles. The van der Waals surface area contributed by atoms with E-state index < -0.39 is 0 Å². The van der Waals surface area contributed by atoms with Crippen molar-refractivity contribution in [1.82, 2.24) is 20.5 Å². The molecule has 0 saturated carbocycles. The summed E-state index contributed by atoms with van der Waals surface area (Å²) < 4.78 is 1.79. The van der Waals surface area contributed by atoms with Crippen LogP contribution < -0.4 is 15.8 Å². The van der Waals surface area contributed by atoms with Crippen LogP contribution in [-0.2, 0) is 16.0 Å². The van der Waals surface area contributed by atoms with E-state index in [4.69, 9.17) is 0 Å². The molecular weight excluding hydrogens is 430 g/mol. The van der Waals surface area contributed by atoms with Crippen LogP contribution in [0.15, 0.2) is 79.1 Å². The Morgan fingerprint density at radius 2 is 1.79 bits per heavy atom. The van der Waals surface area contributed by atoms with Gasteiger partial charge in [0, 0.05) is 24.5 Å². The molecule has 3 amide bonds. The molecule has 1 aliphatic heterocycles. The Hall–Kier alpha value is -4.20. The third kappa shape index (κ3) is 4.34. The Kier molecular flexibility index (Phi) is 5.95. The minimum Gasteiger partial charge on any atom is -0.352 e. The van der Waals surface area contributed by atoms with Gasteiger partial charge in [-0.3, -0.25) is 19.8 Å². The molecule has 2 unspecified atom stereocenters. The van der Waals surface area contributed by atoms with Gasteiger partial charge >= 0.3 is 0 Å². The lowest BCUT2D eigenvalue weighted by Crippen LogP contribution is -2.59. The number of amides is 3. The monoisotopic (exact) mass is 455 g/mol. The van der Waals surface area contributed by atoms with E-state index in [0.717, 1.165) is 11.3 Å². The summed E-state index contributed by atoms with van der Waals surface area (Å²) in [6.45, 7) is 0.472. The Labute approximate surface area is 197 Å². The van der Waals surface area contributed by atoms with Gasteiger partial charge in [0.25, 0.3) is 5.91 Å². The van der Waals surface area contributed by atoms with Gasteiger partial charge < -0.3 is 5.32 Å². The standard InChI is InChI=1S/C26H25N5O3/c32-24(27-15-13-18-9-11-20(12-10-18)30-16-4-14-28-30)19-5-3-6-21(17-19)31-26(34)23-8-2-1-7-22(23)25(33)29-31/h1-6,9-12,14,16-17,22-23H,7-8,13,15H2,(H,27,32)(H,29,33). The smallest absolute Gasteiger partial charge is 0.251 e. The van der Waals surface area contributed by atoms with Crippen molar-refractivity contribution in [2.24, 2.45) is 11.8 Å². The van der Waals surface area contributed by atoms with Gasteiger partial charge in [0.1, 0.15) is 0 Å². The lowest BCUT2D eigenvalue weighted by molar-refractivity contribution is -0.139. The summed E-state index contributed by atoms with van der Waals surface area (Å²) in [6, 6.07) is 16.6. The van der Waals surface area contributed by atoms with E-state index in [1.54, 1.807) is 35.1 Å². The molecule has 1 saturated heterocycles. The number of nitrogens with zero attached hydrogens (tertiary/aromatic N) is 3. The normalized spacial score (nSPS) is 19.5. The van der Waals surface area contributed by atoms with Gasteiger partial charge in [-0.2, -0.15) is 5.10 Å². The molecule has 2 aromatic carbocycles. The highest BCUT2D eigenvalue weighted by Gasteiger charge is 2.42. The Morgan fingerprint density at radius 3 is 2.56 bits per heavy atom. The second-order valence-electron chi connectivity index (χ2n) is 8.48. The van der Waals surface area contributed by atoms with Crippen molar-refractivity contribution in [3.63, 3.8) is 0 Å². The third-order valence-electron chi connectivity index (χ3n) is 6.30. The average molecular weight is 456 g/mol. The number of benzene rings is 2. The number of hydrogen-bond donors (Lipinski definition) is 2. The Morgan fingerprint density at radius 1 is 1.00 bits per heavy atom. The summed E-state index contributed by atoms with van der Waals surface area (Å²) in [6.07, 6.45) is 9.32. The number of anilines is 1. The zero-order chi connectivity index (χ0) is 23.5. The molecule has 0 spiro atoms. The molecule has 0 radical (unpaired) electrons. The fraction of sp³-hybridized carbons (Fsp3) is 0.231. The first-order valence-corrected chi connectivity index (χ1v) is 11.4. The van der Waals surface area contributed by atoms with E-state index in [1.807, 2.05) is 48.7 Å². The van der Waals surface area contributed by atoms with Gasteiger partial charge in [-0.05, 0) is 61.2 Å². The van der Waals surface area contributed by atoms with Crippen LogP contribution >= 0.6 is 0 Å². The minimum atomic E-state index is -0.365. The summed E-state index contributed by atoms with van der Waals surface area (Å²) in [4.78, 5) is 38.2. The predicted octanol–water partition coefficient (Wildman–Crippen LogP) is 2.81. The minimum absolute atomic E-state index is 0.148. The highest BCUT2D eigenvalue weighted by Crippen LogP contribution is 2.32. The zero-order valence-electron chi connectivity index (χ0n) is 18.6. The van der Waals surface area contributed by atoms with E-state index in [9.17, 15) is 14.4 Å². The number of hydrazine groups is 1. The zero-order valence-corrected chi connectivity index (χ0v) is 18.6. The predicted molar refractivity (Wildman–Crippen MR) is 127 cm³/mol. The van der Waals surface area contributed by atoms with Gasteiger partial charge in [-0.25, -0.2) is 9.69 Å². The Balaban J connectivity index is 1.20. The molecule has 1 aromatic heterocycles. The number of fused-ring (bicyclic) bond motifs is 1. The van der Waals surface area contributed by atoms with Crippen molar-refractivity contribution in [2.45, 2.75) is 19.3 Å². The second kappa shape index (κ2) is 9.35. The summed E-state index contributed by atoms with van der Waals surface area (Å²) >= 11 is 0. The largest absolute Gasteiger partial charge is 0.352 e. The van der Waals surface area contributed by atoms with Crippen molar-refractivity contribution in [2.75, 3.05) is 11.6 Å². The van der Waals surface area contributed by atoms with Gasteiger partial charge in [0.2, 0.25) is 11.8 Å². The fourth-order valence-corrected chi connectivity index (χ4v) is 4.43. The van der Waals surface area contributed by atoms with Crippen molar-refractivity contribution in [3.05, 3.63) is 90.3 Å². The van der Waals surface area contributed by atoms with E-state index in [2.05, 4.69) is 15.8 Å². The average Bonchev–Trinajstić information content (AvgIpc) is 3.42. The van der Waals surface area contributed by atoms with Crippen LogP contribution in [0.2, 0.25) is 0 Å². The lowest BCUT2D eigenvalue weighted by atomic mass is 9.80. The van der Waals surface area contributed by atoms with Crippen LogP contribution in [0.1, 0.15) is 28.8 Å². The maximum absolute atomic E-state index is 13.0. The summed E-state index contributed by atoms with van der Waals surface area (Å²) in [5.74, 6) is -1.23. The quantitative estimate of drug-likeness (QED) is 0.559. The number of allylic oxidation sites excluding steroid dienone is 2. The van der Waals surface area contributed by atoms with Crippen LogP contribution in [0.5, 0.6) is 0 Å². The van der Waals surface area contributed by atoms with Crippen molar-refractivity contribution in [1.29, 1.82) is 0 Å². The SMILES string of the molecule is O=C(NCCc1ccc(-n2cccn2)cc1)c1cccc(N2NC(=O)C3CC=CCC3C2=O)c1. The first-order valence-electron chi connectivity index (χ1n) is 11.4. The molecule has 1 fully saturated rings. The lowest BCUT2D eigenvalue weighted by Gasteiger charge is -2.38. The van der Waals surface area contributed by atoms with Crippen LogP contribution in [0.3, 0.4) is 0 Å². The molecule has 8 heteroatoms. The highest BCUT2D eigenvalue weighted by atomic mass is 16.2. The van der Waals surface area contributed by atoms with E-state index >= 15 is 0 Å². The third-order valence-corrected chi connectivity index (χ3v) is 6.30. The highest BCUT2D eigenvalue weighted by molar-refractivity contribution is 6.05. The van der Waals surface area contributed by atoms with Gasteiger partial charge in [-0.15, -0.1) is 0 Å². The number of aromatic nitrogens is 2. The first-order chi connectivity index (χ1) is 16.6. The summed E-state index contributed by atoms with van der Waals surface area (Å²) in [5.41, 5.74) is 5.69. The Bertz CT molecular complexity index is 1230. The number of rotatable bonds is 6. The first kappa shape index (κ1) is 21.6. The van der Waals surface area contributed by atoms with Crippen LogP contribution in [0.4, 0.5) is 5.69 Å². The molecule has 2 aliphatic rings. The molecule has 2 heterocycles. The van der Waals surface area contributed by atoms with Crippen molar-refractivity contribution < 1.29 is 14.4 Å². The molecule has 34 heavy (non-hydrogen) atoms. The molecule has 2 N–H and O–H groups in total. The van der Waals surface area contributed by atoms with Crippen LogP contribution in [0.25, 0.3) is 5.69 Å². The molecule has 5 rings (SSSR count). The molecular formula is C26H25N5O3. The number of carbonyl (C=O) groups is 3. The number of carbonyl (C=O) groups excluding carboxylic acids is 3. The number of hydrogen-bond acceptors (Lipinski definition) is 4. The van der Waals surface area contributed by atoms with Crippen molar-refractivity contribution in [3.8, 4) is 5.69 Å². The molecule has 172 valence electrons.